The van der Waals surface area contributed by atoms with Crippen LogP contribution in [0.25, 0.3) is 0 Å². The number of carbonyl (C=O) groups is 3. The predicted molar refractivity (Wildman–Crippen MR) is 104 cm³/mol. The number of rotatable bonds is 6. The van der Waals surface area contributed by atoms with E-state index in [-0.39, 0.29) is 19.1 Å². The van der Waals surface area contributed by atoms with Gasteiger partial charge in [0.05, 0.1) is 12.0 Å². The second-order valence-electron chi connectivity index (χ2n) is 9.08. The fraction of sp³-hybridized carbons (Fsp3) is 0.591. The van der Waals surface area contributed by atoms with Crippen molar-refractivity contribution in [1.29, 1.82) is 0 Å². The number of hydrogen-bond acceptors (Lipinski definition) is 4. The van der Waals surface area contributed by atoms with Gasteiger partial charge in [-0.05, 0) is 80.5 Å². The number of anilines is 1. The smallest absolute Gasteiger partial charge is 0.312 e. The van der Waals surface area contributed by atoms with E-state index in [4.69, 9.17) is 4.74 Å². The lowest BCUT2D eigenvalue weighted by Gasteiger charge is -2.55. The van der Waals surface area contributed by atoms with E-state index in [9.17, 15) is 18.8 Å². The zero-order valence-electron chi connectivity index (χ0n) is 16.7. The van der Waals surface area contributed by atoms with Gasteiger partial charge in [0, 0.05) is 12.7 Å². The molecule has 0 aromatic heterocycles. The molecule has 2 amide bonds. The van der Waals surface area contributed by atoms with E-state index in [2.05, 4.69) is 5.32 Å². The first kappa shape index (κ1) is 19.9. The lowest BCUT2D eigenvalue weighted by atomic mass is 9.49. The molecule has 0 saturated heterocycles. The minimum atomic E-state index is -0.419. The van der Waals surface area contributed by atoms with E-state index in [0.717, 1.165) is 19.3 Å². The molecule has 5 rings (SSSR count). The molecule has 0 atom stereocenters. The van der Waals surface area contributed by atoms with Crippen LogP contribution in [0.1, 0.15) is 38.5 Å². The Morgan fingerprint density at radius 3 is 2.17 bits per heavy atom. The van der Waals surface area contributed by atoms with Crippen molar-refractivity contribution < 1.29 is 23.5 Å². The van der Waals surface area contributed by atoms with Gasteiger partial charge in [-0.3, -0.25) is 14.4 Å². The zero-order chi connectivity index (χ0) is 20.6. The van der Waals surface area contributed by atoms with Crippen molar-refractivity contribution in [3.05, 3.63) is 30.1 Å². The van der Waals surface area contributed by atoms with Gasteiger partial charge >= 0.3 is 5.97 Å². The minimum Gasteiger partial charge on any atom is -0.455 e. The monoisotopic (exact) mass is 402 g/mol. The van der Waals surface area contributed by atoms with Crippen molar-refractivity contribution in [3.8, 4) is 0 Å². The van der Waals surface area contributed by atoms with Crippen LogP contribution < -0.4 is 5.32 Å². The van der Waals surface area contributed by atoms with E-state index < -0.39 is 23.0 Å². The number of hydrogen-bond donors (Lipinski definition) is 1. The van der Waals surface area contributed by atoms with Crippen LogP contribution in [0.3, 0.4) is 0 Å². The molecule has 1 aromatic carbocycles. The minimum absolute atomic E-state index is 0.175. The number of halogens is 1. The normalized spacial score (nSPS) is 29.4. The number of esters is 1. The third-order valence-corrected chi connectivity index (χ3v) is 6.73. The number of benzene rings is 1. The highest BCUT2D eigenvalue weighted by molar-refractivity contribution is 5.94. The highest BCUT2D eigenvalue weighted by Gasteiger charge is 2.55. The molecule has 0 radical (unpaired) electrons. The van der Waals surface area contributed by atoms with E-state index in [0.29, 0.717) is 23.4 Å². The van der Waals surface area contributed by atoms with E-state index >= 15 is 0 Å². The van der Waals surface area contributed by atoms with Gasteiger partial charge in [-0.25, -0.2) is 4.39 Å². The lowest BCUT2D eigenvalue weighted by Crippen LogP contribution is -2.51. The van der Waals surface area contributed by atoms with Crippen molar-refractivity contribution in [2.24, 2.45) is 23.2 Å². The Morgan fingerprint density at radius 1 is 1.07 bits per heavy atom. The van der Waals surface area contributed by atoms with Gasteiger partial charge < -0.3 is 15.0 Å². The number of ether oxygens (including phenoxy) is 1. The van der Waals surface area contributed by atoms with Gasteiger partial charge in [-0.2, -0.15) is 0 Å². The number of carbonyl (C=O) groups excluding carboxylic acids is 3. The summed E-state index contributed by atoms with van der Waals surface area (Å²) in [6.45, 7) is -0.522. The van der Waals surface area contributed by atoms with Gasteiger partial charge in [0.1, 0.15) is 5.82 Å². The molecule has 6 nitrogen and oxygen atoms in total. The van der Waals surface area contributed by atoms with Crippen LogP contribution in [0.15, 0.2) is 24.3 Å². The van der Waals surface area contributed by atoms with Gasteiger partial charge in [-0.15, -0.1) is 0 Å². The van der Waals surface area contributed by atoms with Crippen molar-refractivity contribution >= 4 is 23.5 Å². The molecule has 4 aliphatic rings. The Labute approximate surface area is 169 Å². The molecule has 4 saturated carbocycles. The second-order valence-corrected chi connectivity index (χ2v) is 9.08. The average molecular weight is 402 g/mol. The van der Waals surface area contributed by atoms with Crippen molar-refractivity contribution in [3.63, 3.8) is 0 Å². The summed E-state index contributed by atoms with van der Waals surface area (Å²) in [5.41, 5.74) is 0.0543. The molecule has 156 valence electrons. The number of nitrogens with zero attached hydrogens (tertiary/aromatic N) is 1. The molecule has 0 spiro atoms. The molecule has 0 heterocycles. The fourth-order valence-electron chi connectivity index (χ4n) is 5.79. The Bertz CT molecular complexity index is 772. The standard InChI is InChI=1S/C22H27FN2O4/c1-25(12-19(26)24-18-4-2-17(23)3-5-18)20(27)13-29-21(28)22-9-14-6-15(10-22)8-16(7-14)11-22/h2-5,14-16H,6-13H2,1H3,(H,24,26). The Balaban J connectivity index is 1.25. The summed E-state index contributed by atoms with van der Waals surface area (Å²) in [6.07, 6.45) is 6.37. The van der Waals surface area contributed by atoms with Crippen molar-refractivity contribution in [2.75, 3.05) is 25.5 Å². The van der Waals surface area contributed by atoms with Crippen LogP contribution in [-0.2, 0) is 19.1 Å². The van der Waals surface area contributed by atoms with Crippen LogP contribution in [0, 0.1) is 29.0 Å². The fourth-order valence-corrected chi connectivity index (χ4v) is 5.79. The van der Waals surface area contributed by atoms with E-state index in [1.807, 2.05) is 0 Å². The highest BCUT2D eigenvalue weighted by Crippen LogP contribution is 2.60. The molecule has 1 aromatic rings. The predicted octanol–water partition coefficient (Wildman–Crippen LogP) is 2.98. The Hall–Kier alpha value is -2.44. The summed E-state index contributed by atoms with van der Waals surface area (Å²) < 4.78 is 18.3. The molecular formula is C22H27FN2O4. The Kier molecular flexibility index (Phi) is 5.32. The Morgan fingerprint density at radius 2 is 1.62 bits per heavy atom. The maximum Gasteiger partial charge on any atom is 0.312 e. The van der Waals surface area contributed by atoms with Crippen molar-refractivity contribution in [1.82, 2.24) is 4.90 Å². The number of nitrogens with one attached hydrogen (secondary N) is 1. The van der Waals surface area contributed by atoms with Gasteiger partial charge in [-0.1, -0.05) is 0 Å². The van der Waals surface area contributed by atoms with Crippen LogP contribution >= 0.6 is 0 Å². The van der Waals surface area contributed by atoms with Crippen LogP contribution in [-0.4, -0.2) is 42.9 Å². The van der Waals surface area contributed by atoms with Crippen LogP contribution in [0.5, 0.6) is 0 Å². The molecule has 0 aliphatic heterocycles. The maximum atomic E-state index is 12.9. The topological polar surface area (TPSA) is 75.7 Å². The summed E-state index contributed by atoms with van der Waals surface area (Å²) in [6, 6.07) is 5.38. The zero-order valence-corrected chi connectivity index (χ0v) is 16.7. The molecule has 4 aliphatic carbocycles. The quantitative estimate of drug-likeness (QED) is 0.743. The highest BCUT2D eigenvalue weighted by atomic mass is 19.1. The van der Waals surface area contributed by atoms with Gasteiger partial charge in [0.25, 0.3) is 5.91 Å². The summed E-state index contributed by atoms with van der Waals surface area (Å²) in [5, 5.41) is 2.60. The lowest BCUT2D eigenvalue weighted by molar-refractivity contribution is -0.174. The molecule has 29 heavy (non-hydrogen) atoms. The molecular weight excluding hydrogens is 375 g/mol. The van der Waals surface area contributed by atoms with E-state index in [1.165, 1.54) is 55.5 Å². The second kappa shape index (κ2) is 7.76. The summed E-state index contributed by atoms with van der Waals surface area (Å²) >= 11 is 0. The molecule has 1 N–H and O–H groups in total. The molecule has 4 bridgehead atoms. The first-order valence-corrected chi connectivity index (χ1v) is 10.3. The molecule has 0 unspecified atom stereocenters. The average Bonchev–Trinajstić information content (AvgIpc) is 2.66. The van der Waals surface area contributed by atoms with Crippen molar-refractivity contribution in [2.45, 2.75) is 38.5 Å². The van der Waals surface area contributed by atoms with Crippen LogP contribution in [0.4, 0.5) is 10.1 Å². The first-order chi connectivity index (χ1) is 13.8. The number of likely N-dealkylation sites (N-methyl/N-ethyl adjacent to an activating group) is 1. The van der Waals surface area contributed by atoms with Gasteiger partial charge in [0.15, 0.2) is 6.61 Å². The maximum absolute atomic E-state index is 12.9. The first-order valence-electron chi connectivity index (χ1n) is 10.3. The summed E-state index contributed by atoms with van der Waals surface area (Å²) in [5.74, 6) is 0.425. The third kappa shape index (κ3) is 4.28. The molecule has 4 fully saturated rings. The number of amides is 2. The van der Waals surface area contributed by atoms with Gasteiger partial charge in [0.2, 0.25) is 5.91 Å². The SMILES string of the molecule is CN(CC(=O)Nc1ccc(F)cc1)C(=O)COC(=O)C12CC3CC(CC(C3)C1)C2. The van der Waals surface area contributed by atoms with Crippen LogP contribution in [0.2, 0.25) is 0 Å². The third-order valence-electron chi connectivity index (χ3n) is 6.73. The summed E-state index contributed by atoms with van der Waals surface area (Å²) in [4.78, 5) is 38.4. The van der Waals surface area contributed by atoms with E-state index in [1.54, 1.807) is 0 Å². The molecule has 7 heteroatoms. The summed E-state index contributed by atoms with van der Waals surface area (Å²) in [7, 11) is 1.49. The largest absolute Gasteiger partial charge is 0.455 e.